The number of nitrogens with one attached hydrogen (secondary N) is 1. The van der Waals surface area contributed by atoms with Gasteiger partial charge < -0.3 is 0 Å². The summed E-state index contributed by atoms with van der Waals surface area (Å²) in [5.74, 6) is -1.72. The maximum atomic E-state index is 12.9. The number of tetrazole rings is 1. The zero-order valence-corrected chi connectivity index (χ0v) is 20.5. The standard InChI is InChI=1S/C16H17N9O5S2Se/c1-24-16(20-22-23-24)32-4-6-3-31-13-9(12(27)25(13)10(6)14(28)29)19-11(26)8(21-30-2)7-5-33-15(17)18-7/h5,9,13H,3-4H2,1-2H3,(H2,17,18)(H,19,26)(H,28,29)/t9-,13-/m1/s1. The zero-order valence-electron chi connectivity index (χ0n) is 17.2. The summed E-state index contributed by atoms with van der Waals surface area (Å²) < 4.78 is 1.87. The molecule has 4 rings (SSSR count). The number of hydrogen-bond acceptors (Lipinski definition) is 12. The fraction of sp³-hybridized carbons (Fsp3) is 0.375. The van der Waals surface area contributed by atoms with Crippen LogP contribution in [-0.2, 0) is 26.3 Å². The number of carboxylic acid groups (broad SMARTS) is 1. The molecule has 2 aromatic heterocycles. The van der Waals surface area contributed by atoms with E-state index < -0.39 is 29.2 Å². The molecule has 2 aromatic rings. The van der Waals surface area contributed by atoms with E-state index in [4.69, 9.17) is 10.6 Å². The van der Waals surface area contributed by atoms with Crippen LogP contribution >= 0.6 is 23.5 Å². The number of anilines is 1. The number of aromatic nitrogens is 5. The second-order valence-electron chi connectivity index (χ2n) is 6.69. The van der Waals surface area contributed by atoms with E-state index in [9.17, 15) is 19.5 Å². The summed E-state index contributed by atoms with van der Waals surface area (Å²) in [5.41, 5.74) is 6.35. The molecule has 174 valence electrons. The number of amides is 2. The first-order valence-corrected chi connectivity index (χ1v) is 13.1. The number of nitrogens with zero attached hydrogens (tertiary/aromatic N) is 7. The van der Waals surface area contributed by atoms with Gasteiger partial charge in [0.25, 0.3) is 0 Å². The topological polar surface area (TPSA) is 191 Å². The van der Waals surface area contributed by atoms with Crippen LogP contribution in [0.25, 0.3) is 0 Å². The molecule has 0 bridgehead atoms. The predicted octanol–water partition coefficient (Wildman–Crippen LogP) is -1.87. The van der Waals surface area contributed by atoms with Crippen molar-refractivity contribution >= 4 is 66.2 Å². The van der Waals surface area contributed by atoms with Gasteiger partial charge in [-0.15, -0.1) is 5.10 Å². The quantitative estimate of drug-likeness (QED) is 0.108. The summed E-state index contributed by atoms with van der Waals surface area (Å²) in [6, 6.07) is -0.912. The Balaban J connectivity index is 1.49. The van der Waals surface area contributed by atoms with Crippen LogP contribution < -0.4 is 11.1 Å². The first-order chi connectivity index (χ1) is 15.8. The number of carboxylic acids is 1. The van der Waals surface area contributed by atoms with Crippen LogP contribution in [0.1, 0.15) is 5.69 Å². The molecule has 17 heteroatoms. The first kappa shape index (κ1) is 23.3. The number of β-lactam (4-membered cyclic amide) rings is 1. The number of carbonyl (C=O) groups is 3. The minimum atomic E-state index is -1.21. The zero-order chi connectivity index (χ0) is 23.7. The van der Waals surface area contributed by atoms with Crippen molar-refractivity contribution < 1.29 is 24.3 Å². The van der Waals surface area contributed by atoms with Gasteiger partial charge in [-0.1, -0.05) is 0 Å². The molecule has 0 aliphatic carbocycles. The van der Waals surface area contributed by atoms with Crippen LogP contribution in [0.15, 0.2) is 26.5 Å². The molecule has 4 heterocycles. The molecule has 14 nitrogen and oxygen atoms in total. The SMILES string of the molecule is CON=C(C(=O)N[C@@H]1C(=O)N2C(C(=O)O)=C(CSc3nnnn3C)CS[C@H]12)c1c[se]c(N)n1. The van der Waals surface area contributed by atoms with E-state index >= 15 is 0 Å². The third kappa shape index (κ3) is 4.48. The molecule has 33 heavy (non-hydrogen) atoms. The Labute approximate surface area is 200 Å². The summed E-state index contributed by atoms with van der Waals surface area (Å²) in [7, 11) is 2.96. The predicted molar refractivity (Wildman–Crippen MR) is 118 cm³/mol. The summed E-state index contributed by atoms with van der Waals surface area (Å²) in [4.78, 5) is 49.4. The van der Waals surface area contributed by atoms with Gasteiger partial charge in [0.2, 0.25) is 5.16 Å². The van der Waals surface area contributed by atoms with Gasteiger partial charge in [-0.25, -0.2) is 4.68 Å². The van der Waals surface area contributed by atoms with E-state index in [1.165, 1.54) is 40.2 Å². The van der Waals surface area contributed by atoms with Crippen molar-refractivity contribution in [1.82, 2.24) is 35.4 Å². The van der Waals surface area contributed by atoms with E-state index in [0.29, 0.717) is 26.9 Å². The van der Waals surface area contributed by atoms with Gasteiger partial charge in [0.15, 0.2) is 0 Å². The fourth-order valence-corrected chi connectivity index (χ4v) is 6.68. The van der Waals surface area contributed by atoms with Gasteiger partial charge in [0.1, 0.15) is 0 Å². The number of aliphatic carboxylic acids is 1. The number of carbonyl (C=O) groups excluding carboxylic acids is 2. The third-order valence-corrected chi connectivity index (χ3v) is 8.51. The second-order valence-corrected chi connectivity index (χ2v) is 10.6. The normalized spacial score (nSPS) is 20.4. The Hall–Kier alpha value is -2.88. The van der Waals surface area contributed by atoms with Crippen molar-refractivity contribution in [2.24, 2.45) is 12.2 Å². The minimum absolute atomic E-state index is 0.0822. The van der Waals surface area contributed by atoms with Gasteiger partial charge in [0.05, 0.1) is 0 Å². The van der Waals surface area contributed by atoms with Gasteiger partial charge in [-0.05, 0) is 10.4 Å². The van der Waals surface area contributed by atoms with E-state index in [-0.39, 0.29) is 31.6 Å². The van der Waals surface area contributed by atoms with Gasteiger partial charge >= 0.3 is 169 Å². The molecule has 0 saturated carbocycles. The van der Waals surface area contributed by atoms with Gasteiger partial charge in [-0.3, -0.25) is 0 Å². The summed E-state index contributed by atoms with van der Waals surface area (Å²) >= 11 is 2.44. The number of fused-ring (bicyclic) bond motifs is 1. The number of thioether (sulfide) groups is 2. The van der Waals surface area contributed by atoms with E-state index in [1.807, 2.05) is 0 Å². The molecule has 0 aromatic carbocycles. The van der Waals surface area contributed by atoms with E-state index in [2.05, 4.69) is 31.0 Å². The number of nitrogen functional groups attached to an aromatic ring is 1. The van der Waals surface area contributed by atoms with E-state index in [0.717, 1.165) is 0 Å². The Morgan fingerprint density at radius 1 is 1.52 bits per heavy atom. The molecule has 0 spiro atoms. The van der Waals surface area contributed by atoms with Gasteiger partial charge in [-0.2, -0.15) is 0 Å². The van der Waals surface area contributed by atoms with Gasteiger partial charge in [0, 0.05) is 7.05 Å². The molecule has 2 aliphatic rings. The molecule has 1 saturated heterocycles. The molecular formula is C16H17N9O5S2Se. The van der Waals surface area contributed by atoms with Crippen molar-refractivity contribution in [2.45, 2.75) is 16.6 Å². The van der Waals surface area contributed by atoms with E-state index in [1.54, 1.807) is 12.0 Å². The molecule has 2 aliphatic heterocycles. The molecule has 2 amide bonds. The van der Waals surface area contributed by atoms with Crippen molar-refractivity contribution in [1.29, 1.82) is 0 Å². The van der Waals surface area contributed by atoms with Crippen molar-refractivity contribution in [3.8, 4) is 0 Å². The summed E-state index contributed by atoms with van der Waals surface area (Å²) in [6.07, 6.45) is 0. The monoisotopic (exact) mass is 559 g/mol. The number of oxime groups is 1. The molecule has 4 N–H and O–H groups in total. The Morgan fingerprint density at radius 3 is 2.91 bits per heavy atom. The van der Waals surface area contributed by atoms with Crippen LogP contribution in [0.4, 0.5) is 4.69 Å². The van der Waals surface area contributed by atoms with Crippen molar-refractivity contribution in [2.75, 3.05) is 24.3 Å². The molecule has 0 unspecified atom stereocenters. The number of rotatable bonds is 8. The third-order valence-electron chi connectivity index (χ3n) is 4.66. The van der Waals surface area contributed by atoms with Crippen LogP contribution in [0.5, 0.6) is 0 Å². The second kappa shape index (κ2) is 9.54. The summed E-state index contributed by atoms with van der Waals surface area (Å²) in [5, 5.41) is 27.2. The van der Waals surface area contributed by atoms with Crippen molar-refractivity contribution in [3.05, 3.63) is 21.9 Å². The molecular weight excluding hydrogens is 541 g/mol. The summed E-state index contributed by atoms with van der Waals surface area (Å²) in [6.45, 7) is 0. The molecule has 0 radical (unpaired) electrons. The number of nitrogens with two attached hydrogens (primary N) is 1. The fourth-order valence-electron chi connectivity index (χ4n) is 3.19. The number of aryl methyl sites for hydroxylation is 1. The average Bonchev–Trinajstić information content (AvgIpc) is 3.40. The Bertz CT molecular complexity index is 1180. The van der Waals surface area contributed by atoms with Crippen molar-refractivity contribution in [3.63, 3.8) is 0 Å². The van der Waals surface area contributed by atoms with Crippen LogP contribution in [0.2, 0.25) is 0 Å². The Kier molecular flexibility index (Phi) is 6.73. The number of hydrogen-bond donors (Lipinski definition) is 3. The maximum absolute atomic E-state index is 12.9. The van der Waals surface area contributed by atoms with Crippen LogP contribution in [0, 0.1) is 0 Å². The molecule has 1 fully saturated rings. The first-order valence-electron chi connectivity index (χ1n) is 9.20. The van der Waals surface area contributed by atoms with Crippen LogP contribution in [0.3, 0.4) is 0 Å². The Morgan fingerprint density at radius 2 is 2.30 bits per heavy atom. The van der Waals surface area contributed by atoms with Crippen LogP contribution in [-0.4, -0.2) is 103 Å². The molecule has 2 atom stereocenters. The average molecular weight is 558 g/mol.